The Balaban J connectivity index is 1.77. The highest BCUT2D eigenvalue weighted by Gasteiger charge is 2.16. The zero-order valence-corrected chi connectivity index (χ0v) is 12.7. The van der Waals surface area contributed by atoms with Crippen LogP contribution in [0.4, 0.5) is 0 Å². The SMILES string of the molecule is Cn1c(CNC(=O)c2ccc3c(c2)OCO3)cc(=O)n(C)c1=O. The molecule has 2 aromatic rings. The number of aromatic nitrogens is 2. The van der Waals surface area contributed by atoms with E-state index in [1.165, 1.54) is 17.7 Å². The van der Waals surface area contributed by atoms with Crippen molar-refractivity contribution in [3.63, 3.8) is 0 Å². The highest BCUT2D eigenvalue weighted by Crippen LogP contribution is 2.32. The molecule has 0 spiro atoms. The first kappa shape index (κ1) is 14.9. The summed E-state index contributed by atoms with van der Waals surface area (Å²) in [5.74, 6) is 0.769. The molecule has 120 valence electrons. The predicted molar refractivity (Wildman–Crippen MR) is 80.7 cm³/mol. The van der Waals surface area contributed by atoms with Gasteiger partial charge in [-0.2, -0.15) is 0 Å². The summed E-state index contributed by atoms with van der Waals surface area (Å²) in [5, 5.41) is 2.68. The fraction of sp³-hybridized carbons (Fsp3) is 0.267. The fourth-order valence-electron chi connectivity index (χ4n) is 2.26. The lowest BCUT2D eigenvalue weighted by molar-refractivity contribution is 0.0949. The lowest BCUT2D eigenvalue weighted by atomic mass is 10.2. The van der Waals surface area contributed by atoms with Gasteiger partial charge >= 0.3 is 5.69 Å². The molecule has 0 fully saturated rings. The van der Waals surface area contributed by atoms with E-state index in [9.17, 15) is 14.4 Å². The first-order chi connectivity index (χ1) is 11.0. The molecule has 0 radical (unpaired) electrons. The molecule has 3 rings (SSSR count). The number of benzene rings is 1. The maximum absolute atomic E-state index is 12.2. The maximum Gasteiger partial charge on any atom is 0.330 e. The first-order valence-corrected chi connectivity index (χ1v) is 6.91. The van der Waals surface area contributed by atoms with Crippen LogP contribution in [0.3, 0.4) is 0 Å². The van der Waals surface area contributed by atoms with Crippen molar-refractivity contribution in [3.8, 4) is 11.5 Å². The molecule has 23 heavy (non-hydrogen) atoms. The Morgan fingerprint density at radius 3 is 2.65 bits per heavy atom. The number of hydrogen-bond acceptors (Lipinski definition) is 5. The highest BCUT2D eigenvalue weighted by molar-refractivity contribution is 5.94. The molecule has 1 aliphatic heterocycles. The van der Waals surface area contributed by atoms with Crippen LogP contribution in [0.2, 0.25) is 0 Å². The van der Waals surface area contributed by atoms with Crippen LogP contribution in [-0.2, 0) is 20.6 Å². The van der Waals surface area contributed by atoms with E-state index in [2.05, 4.69) is 5.32 Å². The molecule has 1 aromatic heterocycles. The molecule has 0 aliphatic carbocycles. The van der Waals surface area contributed by atoms with Crippen molar-refractivity contribution in [2.24, 2.45) is 14.1 Å². The van der Waals surface area contributed by atoms with E-state index in [1.807, 2.05) is 0 Å². The van der Waals surface area contributed by atoms with Gasteiger partial charge < -0.3 is 14.8 Å². The molecule has 0 atom stereocenters. The third-order valence-corrected chi connectivity index (χ3v) is 3.69. The number of nitrogens with one attached hydrogen (secondary N) is 1. The third kappa shape index (κ3) is 2.70. The van der Waals surface area contributed by atoms with Crippen LogP contribution in [0, 0.1) is 0 Å². The second kappa shape index (κ2) is 5.64. The summed E-state index contributed by atoms with van der Waals surface area (Å²) in [4.78, 5) is 35.7. The lowest BCUT2D eigenvalue weighted by Gasteiger charge is -2.10. The minimum Gasteiger partial charge on any atom is -0.454 e. The van der Waals surface area contributed by atoms with Crippen LogP contribution in [0.25, 0.3) is 0 Å². The van der Waals surface area contributed by atoms with E-state index >= 15 is 0 Å². The molecule has 0 saturated carbocycles. The van der Waals surface area contributed by atoms with Crippen LogP contribution in [0.15, 0.2) is 33.9 Å². The molecular weight excluding hydrogens is 302 g/mol. The van der Waals surface area contributed by atoms with Gasteiger partial charge in [-0.05, 0) is 18.2 Å². The maximum atomic E-state index is 12.2. The molecule has 1 N–H and O–H groups in total. The van der Waals surface area contributed by atoms with E-state index in [4.69, 9.17) is 9.47 Å². The summed E-state index contributed by atoms with van der Waals surface area (Å²) in [5.41, 5.74) is -0.0273. The summed E-state index contributed by atoms with van der Waals surface area (Å²) < 4.78 is 12.7. The van der Waals surface area contributed by atoms with Crippen molar-refractivity contribution in [1.29, 1.82) is 0 Å². The van der Waals surface area contributed by atoms with Crippen molar-refractivity contribution >= 4 is 5.91 Å². The molecule has 2 heterocycles. The quantitative estimate of drug-likeness (QED) is 0.842. The van der Waals surface area contributed by atoms with E-state index in [0.29, 0.717) is 22.8 Å². The van der Waals surface area contributed by atoms with E-state index in [1.54, 1.807) is 25.2 Å². The lowest BCUT2D eigenvalue weighted by Crippen LogP contribution is -2.39. The van der Waals surface area contributed by atoms with E-state index < -0.39 is 11.2 Å². The van der Waals surface area contributed by atoms with Gasteiger partial charge in [-0.3, -0.25) is 18.7 Å². The molecule has 8 heteroatoms. The summed E-state index contributed by atoms with van der Waals surface area (Å²) in [6.07, 6.45) is 0. The summed E-state index contributed by atoms with van der Waals surface area (Å²) >= 11 is 0. The molecule has 0 saturated heterocycles. The van der Waals surface area contributed by atoms with Crippen LogP contribution in [0.5, 0.6) is 11.5 Å². The first-order valence-electron chi connectivity index (χ1n) is 6.91. The topological polar surface area (TPSA) is 91.6 Å². The Kier molecular flexibility index (Phi) is 3.65. The Hall–Kier alpha value is -3.03. The second-order valence-corrected chi connectivity index (χ2v) is 5.13. The van der Waals surface area contributed by atoms with Crippen LogP contribution < -0.4 is 26.0 Å². The highest BCUT2D eigenvalue weighted by atomic mass is 16.7. The Morgan fingerprint density at radius 1 is 1.13 bits per heavy atom. The van der Waals surface area contributed by atoms with Crippen molar-refractivity contribution < 1.29 is 14.3 Å². The molecule has 1 amide bonds. The van der Waals surface area contributed by atoms with Gasteiger partial charge in [-0.25, -0.2) is 4.79 Å². The Bertz CT molecular complexity index is 897. The van der Waals surface area contributed by atoms with Gasteiger partial charge in [0.1, 0.15) is 0 Å². The fourth-order valence-corrected chi connectivity index (χ4v) is 2.26. The molecular formula is C15H15N3O5. The van der Waals surface area contributed by atoms with Crippen molar-refractivity contribution in [2.75, 3.05) is 6.79 Å². The summed E-state index contributed by atoms with van der Waals surface area (Å²) in [7, 11) is 2.95. The zero-order chi connectivity index (χ0) is 16.6. The minimum absolute atomic E-state index is 0.0646. The van der Waals surface area contributed by atoms with Crippen LogP contribution in [0.1, 0.15) is 16.1 Å². The molecule has 8 nitrogen and oxygen atoms in total. The summed E-state index contributed by atoms with van der Waals surface area (Å²) in [6.45, 7) is 0.199. The number of carbonyl (C=O) groups is 1. The van der Waals surface area contributed by atoms with Gasteiger partial charge in [-0.1, -0.05) is 0 Å². The van der Waals surface area contributed by atoms with Gasteiger partial charge in [0.15, 0.2) is 11.5 Å². The number of rotatable bonds is 3. The minimum atomic E-state index is -0.440. The zero-order valence-electron chi connectivity index (χ0n) is 12.7. The van der Waals surface area contributed by atoms with Gasteiger partial charge in [0.25, 0.3) is 11.5 Å². The normalized spacial score (nSPS) is 12.3. The average molecular weight is 317 g/mol. The van der Waals surface area contributed by atoms with Crippen LogP contribution >= 0.6 is 0 Å². The number of amides is 1. The second-order valence-electron chi connectivity index (χ2n) is 5.13. The van der Waals surface area contributed by atoms with Crippen molar-refractivity contribution in [3.05, 3.63) is 56.4 Å². The van der Waals surface area contributed by atoms with Crippen molar-refractivity contribution in [1.82, 2.24) is 14.5 Å². The molecule has 0 bridgehead atoms. The largest absolute Gasteiger partial charge is 0.454 e. The van der Waals surface area contributed by atoms with Gasteiger partial charge in [-0.15, -0.1) is 0 Å². The average Bonchev–Trinajstić information content (AvgIpc) is 3.02. The number of ether oxygens (including phenoxy) is 2. The number of nitrogens with zero attached hydrogens (tertiary/aromatic N) is 2. The third-order valence-electron chi connectivity index (χ3n) is 3.69. The van der Waals surface area contributed by atoms with E-state index in [-0.39, 0.29) is 19.2 Å². The molecule has 0 unspecified atom stereocenters. The number of carbonyl (C=O) groups excluding carboxylic acids is 1. The number of fused-ring (bicyclic) bond motifs is 1. The predicted octanol–water partition coefficient (Wildman–Crippen LogP) is -0.257. The monoisotopic (exact) mass is 317 g/mol. The Morgan fingerprint density at radius 2 is 1.87 bits per heavy atom. The molecule has 1 aromatic carbocycles. The van der Waals surface area contributed by atoms with Gasteiger partial charge in [0, 0.05) is 31.4 Å². The van der Waals surface area contributed by atoms with Gasteiger partial charge in [0.2, 0.25) is 6.79 Å². The Labute approximate surface area is 130 Å². The van der Waals surface area contributed by atoms with Crippen molar-refractivity contribution in [2.45, 2.75) is 6.54 Å². The smallest absolute Gasteiger partial charge is 0.330 e. The van der Waals surface area contributed by atoms with Gasteiger partial charge in [0.05, 0.1) is 6.54 Å². The number of hydrogen-bond donors (Lipinski definition) is 1. The molecule has 1 aliphatic rings. The van der Waals surface area contributed by atoms with Crippen LogP contribution in [-0.4, -0.2) is 21.8 Å². The standard InChI is InChI=1S/C15H15N3O5/c1-17-10(6-13(19)18(2)15(17)21)7-16-14(20)9-3-4-11-12(5-9)23-8-22-11/h3-6H,7-8H2,1-2H3,(H,16,20). The summed E-state index contributed by atoms with van der Waals surface area (Å²) in [6, 6.07) is 6.18. The van der Waals surface area contributed by atoms with E-state index in [0.717, 1.165) is 4.57 Å².